The van der Waals surface area contributed by atoms with Gasteiger partial charge in [0.25, 0.3) is 0 Å². The highest BCUT2D eigenvalue weighted by atomic mass is 16.4. The standard InChI is InChI=1S/C11H14N6O4/c1-5(18)6(10(19)20)16-11(21)17(2)9-7-8(13-3-12-7)14-4-15-9/h3-6,18H,1-2H3,(H,16,21)(H,19,20)(H,12,13,14,15)/t5-,6+/m1/s1. The Morgan fingerprint density at radius 3 is 2.71 bits per heavy atom. The molecule has 0 saturated carbocycles. The minimum Gasteiger partial charge on any atom is -0.480 e. The molecule has 0 spiro atoms. The molecule has 10 nitrogen and oxygen atoms in total. The molecule has 2 amide bonds. The number of anilines is 1. The lowest BCUT2D eigenvalue weighted by molar-refractivity contribution is -0.141. The lowest BCUT2D eigenvalue weighted by Gasteiger charge is -2.22. The van der Waals surface area contributed by atoms with Gasteiger partial charge in [0.1, 0.15) is 11.8 Å². The number of nitrogens with zero attached hydrogens (tertiary/aromatic N) is 4. The number of carboxylic acid groups (broad SMARTS) is 1. The molecule has 0 saturated heterocycles. The number of rotatable bonds is 4. The summed E-state index contributed by atoms with van der Waals surface area (Å²) in [7, 11) is 1.42. The summed E-state index contributed by atoms with van der Waals surface area (Å²) in [6.07, 6.45) is 1.41. The summed E-state index contributed by atoms with van der Waals surface area (Å²) in [5.74, 6) is -1.09. The third kappa shape index (κ3) is 2.89. The summed E-state index contributed by atoms with van der Waals surface area (Å²) in [6.45, 7) is 1.27. The van der Waals surface area contributed by atoms with Gasteiger partial charge < -0.3 is 20.5 Å². The van der Waals surface area contributed by atoms with Crippen LogP contribution in [0, 0.1) is 0 Å². The second-order valence-electron chi connectivity index (χ2n) is 4.36. The maximum absolute atomic E-state index is 12.1. The Hall–Kier alpha value is -2.75. The number of aromatic amines is 1. The number of carboxylic acids is 1. The van der Waals surface area contributed by atoms with E-state index in [1.54, 1.807) is 0 Å². The number of aliphatic carboxylic acids is 1. The monoisotopic (exact) mass is 294 g/mol. The van der Waals surface area contributed by atoms with Crippen LogP contribution in [0.15, 0.2) is 12.7 Å². The number of urea groups is 1. The van der Waals surface area contributed by atoms with Crippen LogP contribution in [0.4, 0.5) is 10.6 Å². The van der Waals surface area contributed by atoms with E-state index >= 15 is 0 Å². The van der Waals surface area contributed by atoms with E-state index in [0.717, 1.165) is 4.90 Å². The average Bonchev–Trinajstić information content (AvgIpc) is 2.91. The van der Waals surface area contributed by atoms with Crippen molar-refractivity contribution >= 4 is 29.0 Å². The summed E-state index contributed by atoms with van der Waals surface area (Å²) in [5, 5.41) is 20.5. The highest BCUT2D eigenvalue weighted by molar-refractivity contribution is 5.98. The number of aromatic nitrogens is 4. The zero-order valence-electron chi connectivity index (χ0n) is 11.3. The molecule has 4 N–H and O–H groups in total. The van der Waals surface area contributed by atoms with Crippen LogP contribution in [0.2, 0.25) is 0 Å². The zero-order chi connectivity index (χ0) is 15.6. The number of amides is 2. The topological polar surface area (TPSA) is 144 Å². The van der Waals surface area contributed by atoms with Crippen molar-refractivity contribution in [2.75, 3.05) is 11.9 Å². The lowest BCUT2D eigenvalue weighted by atomic mass is 10.2. The van der Waals surface area contributed by atoms with E-state index < -0.39 is 24.1 Å². The molecule has 0 radical (unpaired) electrons. The van der Waals surface area contributed by atoms with Crippen molar-refractivity contribution in [1.82, 2.24) is 25.3 Å². The molecule has 2 aromatic heterocycles. The second kappa shape index (κ2) is 5.71. The van der Waals surface area contributed by atoms with Gasteiger partial charge in [-0.3, -0.25) is 4.90 Å². The maximum Gasteiger partial charge on any atom is 0.328 e. The molecule has 112 valence electrons. The van der Waals surface area contributed by atoms with Crippen molar-refractivity contribution in [1.29, 1.82) is 0 Å². The fourth-order valence-electron chi connectivity index (χ4n) is 1.72. The Bertz CT molecular complexity index is 670. The molecule has 0 aliphatic heterocycles. The van der Waals surface area contributed by atoms with Crippen LogP contribution in [-0.2, 0) is 4.79 Å². The highest BCUT2D eigenvalue weighted by Gasteiger charge is 2.27. The smallest absolute Gasteiger partial charge is 0.328 e. The van der Waals surface area contributed by atoms with Crippen molar-refractivity contribution in [2.24, 2.45) is 0 Å². The number of imidazole rings is 1. The molecule has 0 aliphatic rings. The first-order valence-electron chi connectivity index (χ1n) is 6.01. The third-order valence-corrected chi connectivity index (χ3v) is 2.85. The number of carbonyl (C=O) groups excluding carboxylic acids is 1. The van der Waals surface area contributed by atoms with Gasteiger partial charge in [-0.15, -0.1) is 0 Å². The van der Waals surface area contributed by atoms with Crippen LogP contribution < -0.4 is 10.2 Å². The van der Waals surface area contributed by atoms with E-state index in [0.29, 0.717) is 11.2 Å². The summed E-state index contributed by atoms with van der Waals surface area (Å²) >= 11 is 0. The van der Waals surface area contributed by atoms with Gasteiger partial charge in [0.15, 0.2) is 17.5 Å². The van der Waals surface area contributed by atoms with E-state index in [1.807, 2.05) is 0 Å². The van der Waals surface area contributed by atoms with Crippen LogP contribution in [0.1, 0.15) is 6.92 Å². The van der Waals surface area contributed by atoms with Crippen LogP contribution >= 0.6 is 0 Å². The molecule has 2 atom stereocenters. The number of aliphatic hydroxyl groups excluding tert-OH is 1. The molecular formula is C11H14N6O4. The lowest BCUT2D eigenvalue weighted by Crippen LogP contribution is -2.51. The summed E-state index contributed by atoms with van der Waals surface area (Å²) < 4.78 is 0. The Balaban J connectivity index is 2.23. The summed E-state index contributed by atoms with van der Waals surface area (Å²) in [5.41, 5.74) is 0.823. The second-order valence-corrected chi connectivity index (χ2v) is 4.36. The molecule has 2 rings (SSSR count). The number of fused-ring (bicyclic) bond motifs is 1. The Morgan fingerprint density at radius 2 is 2.10 bits per heavy atom. The Kier molecular flexibility index (Phi) is 3.98. The minimum atomic E-state index is -1.42. The molecule has 2 heterocycles. The van der Waals surface area contributed by atoms with Crippen molar-refractivity contribution in [3.8, 4) is 0 Å². The Morgan fingerprint density at radius 1 is 1.38 bits per heavy atom. The summed E-state index contributed by atoms with van der Waals surface area (Å²) in [6, 6.07) is -2.14. The number of nitrogens with one attached hydrogen (secondary N) is 2. The SMILES string of the molecule is C[C@@H](O)[C@H](NC(=O)N(C)c1ncnc2nc[nH]c12)C(=O)O. The predicted molar refractivity (Wildman–Crippen MR) is 71.7 cm³/mol. The normalized spacial score (nSPS) is 13.7. The van der Waals surface area contributed by atoms with Gasteiger partial charge >= 0.3 is 12.0 Å². The fraction of sp³-hybridized carbons (Fsp3) is 0.364. The van der Waals surface area contributed by atoms with E-state index in [2.05, 4.69) is 25.3 Å². The first kappa shape index (κ1) is 14.7. The molecule has 0 aliphatic carbocycles. The van der Waals surface area contributed by atoms with Gasteiger partial charge in [-0.1, -0.05) is 0 Å². The number of carbonyl (C=O) groups is 2. The molecule has 21 heavy (non-hydrogen) atoms. The van der Waals surface area contributed by atoms with Crippen LogP contribution in [0.5, 0.6) is 0 Å². The Labute approximate surface area is 118 Å². The van der Waals surface area contributed by atoms with Gasteiger partial charge in [-0.25, -0.2) is 24.5 Å². The molecule has 0 unspecified atom stereocenters. The van der Waals surface area contributed by atoms with Crippen LogP contribution in [-0.4, -0.2) is 61.3 Å². The van der Waals surface area contributed by atoms with Crippen LogP contribution in [0.3, 0.4) is 0 Å². The molecule has 0 aromatic carbocycles. The van der Waals surface area contributed by atoms with Gasteiger partial charge in [0.05, 0.1) is 12.4 Å². The average molecular weight is 294 g/mol. The first-order chi connectivity index (χ1) is 9.91. The van der Waals surface area contributed by atoms with Crippen LogP contribution in [0.25, 0.3) is 11.2 Å². The minimum absolute atomic E-state index is 0.240. The molecule has 10 heteroatoms. The third-order valence-electron chi connectivity index (χ3n) is 2.85. The van der Waals surface area contributed by atoms with E-state index in [4.69, 9.17) is 5.11 Å². The van der Waals surface area contributed by atoms with Gasteiger partial charge in [-0.2, -0.15) is 0 Å². The molecule has 0 bridgehead atoms. The fourth-order valence-corrected chi connectivity index (χ4v) is 1.72. The largest absolute Gasteiger partial charge is 0.480 e. The quantitative estimate of drug-likeness (QED) is 0.585. The molecule has 2 aromatic rings. The number of hydrogen-bond donors (Lipinski definition) is 4. The van der Waals surface area contributed by atoms with Crippen molar-refractivity contribution < 1.29 is 19.8 Å². The number of hydrogen-bond acceptors (Lipinski definition) is 6. The summed E-state index contributed by atoms with van der Waals surface area (Å²) in [4.78, 5) is 38.8. The van der Waals surface area contributed by atoms with Gasteiger partial charge in [-0.05, 0) is 6.92 Å². The zero-order valence-corrected chi connectivity index (χ0v) is 11.3. The van der Waals surface area contributed by atoms with E-state index in [9.17, 15) is 14.7 Å². The number of H-pyrrole nitrogens is 1. The molecule has 0 fully saturated rings. The van der Waals surface area contributed by atoms with Gasteiger partial charge in [0, 0.05) is 7.05 Å². The van der Waals surface area contributed by atoms with Crippen molar-refractivity contribution in [2.45, 2.75) is 19.1 Å². The van der Waals surface area contributed by atoms with E-state index in [1.165, 1.54) is 26.6 Å². The number of aliphatic hydroxyl groups is 1. The highest BCUT2D eigenvalue weighted by Crippen LogP contribution is 2.18. The van der Waals surface area contributed by atoms with Crippen molar-refractivity contribution in [3.05, 3.63) is 12.7 Å². The van der Waals surface area contributed by atoms with Crippen molar-refractivity contribution in [3.63, 3.8) is 0 Å². The first-order valence-corrected chi connectivity index (χ1v) is 6.01. The molecular weight excluding hydrogens is 280 g/mol. The van der Waals surface area contributed by atoms with Gasteiger partial charge in [0.2, 0.25) is 0 Å². The maximum atomic E-state index is 12.1. The predicted octanol–water partition coefficient (Wildman–Crippen LogP) is -0.667. The van der Waals surface area contributed by atoms with E-state index in [-0.39, 0.29) is 5.82 Å².